The number of nitrogens with zero attached hydrogens (tertiary/aromatic N) is 5. The summed E-state index contributed by atoms with van der Waals surface area (Å²) < 4.78 is 45.3. The molecule has 2 fully saturated rings. The fourth-order valence-corrected chi connectivity index (χ4v) is 6.72. The van der Waals surface area contributed by atoms with Crippen LogP contribution < -0.4 is 10.9 Å². The van der Waals surface area contributed by atoms with Crippen molar-refractivity contribution in [1.82, 2.24) is 29.6 Å². The van der Waals surface area contributed by atoms with E-state index in [0.29, 0.717) is 29.1 Å². The number of hydrogen-bond donors (Lipinski definition) is 1. The van der Waals surface area contributed by atoms with Gasteiger partial charge in [0, 0.05) is 13.6 Å². The lowest BCUT2D eigenvalue weighted by Gasteiger charge is -2.60. The molecule has 2 heterocycles. The molecule has 10 heteroatoms. The van der Waals surface area contributed by atoms with E-state index in [0.717, 1.165) is 30.3 Å². The van der Waals surface area contributed by atoms with Crippen molar-refractivity contribution in [2.45, 2.75) is 64.1 Å². The first-order valence-electron chi connectivity index (χ1n) is 13.8. The minimum absolute atomic E-state index is 0.0517. The van der Waals surface area contributed by atoms with Crippen LogP contribution in [-0.4, -0.2) is 30.9 Å². The second kappa shape index (κ2) is 9.54. The molecule has 0 unspecified atom stereocenters. The normalized spacial score (nSPS) is 17.8. The van der Waals surface area contributed by atoms with Gasteiger partial charge in [-0.1, -0.05) is 32.4 Å². The smallest absolute Gasteiger partial charge is 0.320 e. The average Bonchev–Trinajstić information content (AvgIpc) is 3.28. The zero-order valence-corrected chi connectivity index (χ0v) is 22.9. The van der Waals surface area contributed by atoms with E-state index in [9.17, 15) is 18.0 Å². The van der Waals surface area contributed by atoms with Gasteiger partial charge in [0.25, 0.3) is 5.56 Å². The van der Waals surface area contributed by atoms with Crippen LogP contribution in [0.15, 0.2) is 53.8 Å². The third-order valence-electron chi connectivity index (χ3n) is 8.69. The van der Waals surface area contributed by atoms with E-state index in [4.69, 9.17) is 0 Å². The van der Waals surface area contributed by atoms with E-state index in [1.807, 2.05) is 43.7 Å². The third kappa shape index (κ3) is 4.42. The molecular formula is C30H33F3N6O. The van der Waals surface area contributed by atoms with Gasteiger partial charge in [0.2, 0.25) is 0 Å². The van der Waals surface area contributed by atoms with Gasteiger partial charge in [-0.2, -0.15) is 13.2 Å². The maximum Gasteiger partial charge on any atom is 0.418 e. The van der Waals surface area contributed by atoms with Gasteiger partial charge < -0.3 is 9.88 Å². The largest absolute Gasteiger partial charge is 0.418 e. The SMILES string of the molecule is CC(C)CNCc1cc(C(F)(F)F)c2ncn(-c3cccc(C4(c5nncn5C)CC5(CCC5)C4)c3)c(=O)c2c1. The number of nitrogens with one attached hydrogen (secondary N) is 1. The predicted octanol–water partition coefficient (Wildman–Crippen LogP) is 5.53. The summed E-state index contributed by atoms with van der Waals surface area (Å²) in [5.41, 5.74) is 0.219. The first kappa shape index (κ1) is 26.7. The standard InChI is InChI=1S/C30H33F3N6O/c1-19(2)13-34-14-20-10-23-25(24(11-20)30(31,32)33)35-17-39(26(23)40)22-7-4-6-21(12-22)29(27-37-36-18-38(27)3)15-28(16-29)8-5-9-28/h4,6-7,10-12,17-19,34H,5,8-9,13-16H2,1-3H3. The highest BCUT2D eigenvalue weighted by atomic mass is 19.4. The van der Waals surface area contributed by atoms with Crippen LogP contribution in [0.3, 0.4) is 0 Å². The molecule has 0 aliphatic heterocycles. The van der Waals surface area contributed by atoms with Crippen LogP contribution in [0.1, 0.15) is 68.5 Å². The minimum Gasteiger partial charge on any atom is -0.320 e. The number of halogens is 3. The third-order valence-corrected chi connectivity index (χ3v) is 8.69. The number of aromatic nitrogens is 5. The number of benzene rings is 2. The maximum absolute atomic E-state index is 14.0. The van der Waals surface area contributed by atoms with Crippen molar-refractivity contribution in [2.75, 3.05) is 6.54 Å². The molecule has 7 nitrogen and oxygen atoms in total. The molecule has 0 radical (unpaired) electrons. The average molecular weight is 551 g/mol. The van der Waals surface area contributed by atoms with Crippen molar-refractivity contribution in [3.63, 3.8) is 0 Å². The van der Waals surface area contributed by atoms with Crippen LogP contribution in [-0.2, 0) is 25.2 Å². The predicted molar refractivity (Wildman–Crippen MR) is 146 cm³/mol. The van der Waals surface area contributed by atoms with Gasteiger partial charge in [0.05, 0.1) is 27.6 Å². The Balaban J connectivity index is 1.44. The van der Waals surface area contributed by atoms with E-state index < -0.39 is 17.3 Å². The number of fused-ring (bicyclic) bond motifs is 1. The molecule has 40 heavy (non-hydrogen) atoms. The van der Waals surface area contributed by atoms with E-state index in [-0.39, 0.29) is 22.9 Å². The molecule has 1 N–H and O–H groups in total. The zero-order valence-electron chi connectivity index (χ0n) is 22.9. The summed E-state index contributed by atoms with van der Waals surface area (Å²) in [7, 11) is 1.94. The molecule has 210 valence electrons. The summed E-state index contributed by atoms with van der Waals surface area (Å²) in [5.74, 6) is 1.23. The van der Waals surface area contributed by atoms with Crippen molar-refractivity contribution in [1.29, 1.82) is 0 Å². The Hall–Kier alpha value is -3.53. The molecule has 0 amide bonds. The van der Waals surface area contributed by atoms with Crippen molar-refractivity contribution < 1.29 is 13.2 Å². The van der Waals surface area contributed by atoms with Crippen LogP contribution in [0, 0.1) is 11.3 Å². The Bertz CT molecular complexity index is 1620. The molecule has 0 atom stereocenters. The molecule has 4 aromatic rings. The molecule has 2 aromatic heterocycles. The molecule has 1 spiro atoms. The molecular weight excluding hydrogens is 517 g/mol. The van der Waals surface area contributed by atoms with E-state index >= 15 is 0 Å². The molecule has 0 saturated heterocycles. The van der Waals surface area contributed by atoms with Gasteiger partial charge in [0.15, 0.2) is 0 Å². The van der Waals surface area contributed by atoms with E-state index in [1.165, 1.54) is 36.2 Å². The highest BCUT2D eigenvalue weighted by molar-refractivity contribution is 5.82. The van der Waals surface area contributed by atoms with Crippen LogP contribution in [0.25, 0.3) is 16.6 Å². The lowest BCUT2D eigenvalue weighted by molar-refractivity contribution is -0.136. The number of aryl methyl sites for hydroxylation is 1. The fourth-order valence-electron chi connectivity index (χ4n) is 6.72. The van der Waals surface area contributed by atoms with Crippen molar-refractivity contribution in [3.05, 3.63) is 81.9 Å². The first-order valence-corrected chi connectivity index (χ1v) is 13.8. The molecule has 2 aromatic carbocycles. The second-order valence-corrected chi connectivity index (χ2v) is 12.1. The molecule has 2 saturated carbocycles. The Morgan fingerprint density at radius 2 is 1.88 bits per heavy atom. The van der Waals surface area contributed by atoms with Gasteiger partial charge in [-0.25, -0.2) is 4.98 Å². The highest BCUT2D eigenvalue weighted by Crippen LogP contribution is 2.66. The highest BCUT2D eigenvalue weighted by Gasteiger charge is 2.60. The summed E-state index contributed by atoms with van der Waals surface area (Å²) in [4.78, 5) is 17.9. The summed E-state index contributed by atoms with van der Waals surface area (Å²) in [6.07, 6.45) is 3.84. The lowest BCUT2D eigenvalue weighted by Crippen LogP contribution is -2.54. The van der Waals surface area contributed by atoms with Crippen LogP contribution in [0.4, 0.5) is 13.2 Å². The molecule has 2 aliphatic rings. The Morgan fingerprint density at radius 1 is 1.10 bits per heavy atom. The molecule has 6 rings (SSSR count). The monoisotopic (exact) mass is 550 g/mol. The molecule has 0 bridgehead atoms. The summed E-state index contributed by atoms with van der Waals surface area (Å²) >= 11 is 0. The lowest BCUT2D eigenvalue weighted by atomic mass is 9.43. The quantitative estimate of drug-likeness (QED) is 0.328. The Morgan fingerprint density at radius 3 is 2.50 bits per heavy atom. The van der Waals surface area contributed by atoms with Crippen LogP contribution in [0.2, 0.25) is 0 Å². The first-order chi connectivity index (χ1) is 19.0. The zero-order chi connectivity index (χ0) is 28.3. The van der Waals surface area contributed by atoms with E-state index in [1.54, 1.807) is 12.4 Å². The number of hydrogen-bond acceptors (Lipinski definition) is 5. The summed E-state index contributed by atoms with van der Waals surface area (Å²) in [6, 6.07) is 10.3. The van der Waals surface area contributed by atoms with Crippen molar-refractivity contribution in [2.24, 2.45) is 18.4 Å². The molecule has 2 aliphatic carbocycles. The maximum atomic E-state index is 14.0. The van der Waals surface area contributed by atoms with Crippen LogP contribution in [0.5, 0.6) is 0 Å². The second-order valence-electron chi connectivity index (χ2n) is 12.1. The topological polar surface area (TPSA) is 77.6 Å². The number of alkyl halides is 3. The van der Waals surface area contributed by atoms with Crippen molar-refractivity contribution >= 4 is 10.9 Å². The van der Waals surface area contributed by atoms with Gasteiger partial charge in [-0.3, -0.25) is 9.36 Å². The van der Waals surface area contributed by atoms with Gasteiger partial charge in [0.1, 0.15) is 18.5 Å². The minimum atomic E-state index is -4.64. The van der Waals surface area contributed by atoms with Gasteiger partial charge >= 0.3 is 6.18 Å². The fraction of sp³-hybridized carbons (Fsp3) is 0.467. The van der Waals surface area contributed by atoms with Gasteiger partial charge in [-0.05, 0) is 79.0 Å². The Kier molecular flexibility index (Phi) is 6.36. The Labute approximate surface area is 230 Å². The van der Waals surface area contributed by atoms with Crippen LogP contribution >= 0.6 is 0 Å². The summed E-state index contributed by atoms with van der Waals surface area (Å²) in [5, 5.41) is 11.7. The van der Waals surface area contributed by atoms with E-state index in [2.05, 4.69) is 20.5 Å². The summed E-state index contributed by atoms with van der Waals surface area (Å²) in [6.45, 7) is 4.92. The number of rotatable bonds is 7. The van der Waals surface area contributed by atoms with Crippen molar-refractivity contribution in [3.8, 4) is 5.69 Å². The van der Waals surface area contributed by atoms with Gasteiger partial charge in [-0.15, -0.1) is 10.2 Å².